The molecule has 0 aliphatic carbocycles. The second-order valence-corrected chi connectivity index (χ2v) is 2.47. The molecule has 0 aromatic heterocycles. The van der Waals surface area contributed by atoms with Crippen LogP contribution in [-0.2, 0) is 4.74 Å². The van der Waals surface area contributed by atoms with Crippen molar-refractivity contribution in [1.29, 1.82) is 0 Å². The molecule has 0 amide bonds. The van der Waals surface area contributed by atoms with Crippen LogP contribution in [0.15, 0.2) is 0 Å². The van der Waals surface area contributed by atoms with Crippen molar-refractivity contribution in [2.24, 2.45) is 5.73 Å². The average Bonchev–Trinajstić information content (AvgIpc) is 1.64. The van der Waals surface area contributed by atoms with E-state index in [1.165, 1.54) is 0 Å². The fourth-order valence-corrected chi connectivity index (χ4v) is 1.03. The van der Waals surface area contributed by atoms with Crippen molar-refractivity contribution in [3.8, 4) is 0 Å². The Bertz CT molecular complexity index is 66.9. The smallest absolute Gasteiger partial charge is 0.0561 e. The summed E-state index contributed by atoms with van der Waals surface area (Å²) in [6.07, 6.45) is 2.45. The summed E-state index contributed by atoms with van der Waals surface area (Å²) in [7, 11) is 0. The van der Waals surface area contributed by atoms with Gasteiger partial charge in [0.15, 0.2) is 0 Å². The third kappa shape index (κ3) is 1.46. The number of hydrogen-bond donors (Lipinski definition) is 1. The molecule has 48 valence electrons. The van der Waals surface area contributed by atoms with Gasteiger partial charge in [-0.3, -0.25) is 0 Å². The predicted octanol–water partition coefficient (Wildman–Crippen LogP) is 0.513. The molecule has 1 fully saturated rings. The molecule has 2 N–H and O–H groups in total. The van der Waals surface area contributed by atoms with Gasteiger partial charge in [0, 0.05) is 12.6 Å². The molecule has 0 bridgehead atoms. The predicted molar refractivity (Wildman–Crippen MR) is 32.6 cm³/mol. The molecule has 2 unspecified atom stereocenters. The van der Waals surface area contributed by atoms with Gasteiger partial charge >= 0.3 is 0 Å². The fraction of sp³-hybridized carbons (Fsp3) is 1.00. The maximum absolute atomic E-state index is 5.65. The van der Waals surface area contributed by atoms with Crippen LogP contribution in [0.1, 0.15) is 19.8 Å². The van der Waals surface area contributed by atoms with Crippen LogP contribution >= 0.6 is 0 Å². The molecule has 1 aliphatic rings. The quantitative estimate of drug-likeness (QED) is 0.499. The molecule has 8 heavy (non-hydrogen) atoms. The molecule has 0 aromatic rings. The number of nitrogens with two attached hydrogens (primary N) is 1. The highest BCUT2D eigenvalue weighted by Gasteiger charge is 2.14. The van der Waals surface area contributed by atoms with Gasteiger partial charge in [-0.05, 0) is 19.8 Å². The summed E-state index contributed by atoms with van der Waals surface area (Å²) >= 11 is 0. The van der Waals surface area contributed by atoms with Crippen molar-refractivity contribution in [3.63, 3.8) is 0 Å². The van der Waals surface area contributed by atoms with Crippen LogP contribution in [0.25, 0.3) is 0 Å². The number of ether oxygens (including phenoxy) is 1. The molecule has 0 spiro atoms. The third-order valence-corrected chi connectivity index (χ3v) is 1.53. The van der Waals surface area contributed by atoms with E-state index in [2.05, 4.69) is 6.92 Å². The Morgan fingerprint density at radius 3 is 2.75 bits per heavy atom. The second-order valence-electron chi connectivity index (χ2n) is 2.47. The summed E-state index contributed by atoms with van der Waals surface area (Å²) in [5, 5.41) is 0. The lowest BCUT2D eigenvalue weighted by atomic mass is 10.1. The van der Waals surface area contributed by atoms with E-state index in [1.54, 1.807) is 0 Å². The van der Waals surface area contributed by atoms with E-state index in [0.29, 0.717) is 12.1 Å². The standard InChI is InChI=1S/C6H13NO/c1-5-4-6(7)2-3-8-5/h5-6H,2-4,7H2,1H3. The van der Waals surface area contributed by atoms with Crippen LogP contribution in [0.4, 0.5) is 0 Å². The van der Waals surface area contributed by atoms with Gasteiger partial charge in [0.2, 0.25) is 0 Å². The van der Waals surface area contributed by atoms with Crippen molar-refractivity contribution in [1.82, 2.24) is 0 Å². The van der Waals surface area contributed by atoms with Crippen LogP contribution in [-0.4, -0.2) is 18.8 Å². The van der Waals surface area contributed by atoms with E-state index in [1.807, 2.05) is 0 Å². The zero-order valence-corrected chi connectivity index (χ0v) is 5.26. The zero-order chi connectivity index (χ0) is 5.98. The molecule has 0 radical (unpaired) electrons. The first kappa shape index (κ1) is 6.05. The molecule has 0 aromatic carbocycles. The lowest BCUT2D eigenvalue weighted by Gasteiger charge is -2.23. The van der Waals surface area contributed by atoms with E-state index >= 15 is 0 Å². The Labute approximate surface area is 50.0 Å². The molecule has 1 aliphatic heterocycles. The molecule has 1 saturated heterocycles. The third-order valence-electron chi connectivity index (χ3n) is 1.53. The van der Waals surface area contributed by atoms with Crippen molar-refractivity contribution in [3.05, 3.63) is 0 Å². The average molecular weight is 115 g/mol. The van der Waals surface area contributed by atoms with Crippen LogP contribution in [0.5, 0.6) is 0 Å². The van der Waals surface area contributed by atoms with Gasteiger partial charge in [0.05, 0.1) is 6.10 Å². The first-order chi connectivity index (χ1) is 3.79. The van der Waals surface area contributed by atoms with E-state index in [9.17, 15) is 0 Å². The van der Waals surface area contributed by atoms with Gasteiger partial charge in [-0.25, -0.2) is 0 Å². The first-order valence-corrected chi connectivity index (χ1v) is 3.16. The number of hydrogen-bond acceptors (Lipinski definition) is 2. The van der Waals surface area contributed by atoms with Gasteiger partial charge in [0.1, 0.15) is 0 Å². The first-order valence-electron chi connectivity index (χ1n) is 3.16. The van der Waals surface area contributed by atoms with Crippen LogP contribution in [0.3, 0.4) is 0 Å². The van der Waals surface area contributed by atoms with E-state index in [4.69, 9.17) is 10.5 Å². The van der Waals surface area contributed by atoms with Crippen LogP contribution < -0.4 is 5.73 Å². The highest BCUT2D eigenvalue weighted by molar-refractivity contribution is 4.69. The lowest BCUT2D eigenvalue weighted by molar-refractivity contribution is 0.0200. The normalized spacial score (nSPS) is 39.8. The van der Waals surface area contributed by atoms with E-state index in [0.717, 1.165) is 19.4 Å². The minimum atomic E-state index is 0.388. The molecule has 1 heterocycles. The van der Waals surface area contributed by atoms with Gasteiger partial charge in [-0.15, -0.1) is 0 Å². The largest absolute Gasteiger partial charge is 0.378 e. The SMILES string of the molecule is CC1CC(N)CCO1. The van der Waals surface area contributed by atoms with Crippen molar-refractivity contribution >= 4 is 0 Å². The number of rotatable bonds is 0. The minimum Gasteiger partial charge on any atom is -0.378 e. The molecule has 0 saturated carbocycles. The van der Waals surface area contributed by atoms with Crippen LogP contribution in [0, 0.1) is 0 Å². The maximum Gasteiger partial charge on any atom is 0.0561 e. The Balaban J connectivity index is 2.23. The highest BCUT2D eigenvalue weighted by Crippen LogP contribution is 2.10. The Morgan fingerprint density at radius 1 is 1.62 bits per heavy atom. The molecular weight excluding hydrogens is 102 g/mol. The zero-order valence-electron chi connectivity index (χ0n) is 5.26. The second kappa shape index (κ2) is 2.46. The Kier molecular flexibility index (Phi) is 1.86. The summed E-state index contributed by atoms with van der Waals surface area (Å²) in [6, 6.07) is 0.388. The van der Waals surface area contributed by atoms with Crippen molar-refractivity contribution in [2.45, 2.75) is 31.9 Å². The fourth-order valence-electron chi connectivity index (χ4n) is 1.03. The van der Waals surface area contributed by atoms with Crippen molar-refractivity contribution < 1.29 is 4.74 Å². The minimum absolute atomic E-state index is 0.388. The highest BCUT2D eigenvalue weighted by atomic mass is 16.5. The van der Waals surface area contributed by atoms with E-state index in [-0.39, 0.29) is 0 Å². The maximum atomic E-state index is 5.65. The van der Waals surface area contributed by atoms with Gasteiger partial charge in [-0.2, -0.15) is 0 Å². The summed E-state index contributed by atoms with van der Waals surface area (Å²) in [4.78, 5) is 0. The van der Waals surface area contributed by atoms with Crippen molar-refractivity contribution in [2.75, 3.05) is 6.61 Å². The van der Waals surface area contributed by atoms with Gasteiger partial charge in [0.25, 0.3) is 0 Å². The molecule has 1 rings (SSSR count). The molecule has 2 nitrogen and oxygen atoms in total. The van der Waals surface area contributed by atoms with Crippen LogP contribution in [0.2, 0.25) is 0 Å². The summed E-state index contributed by atoms with van der Waals surface area (Å²) < 4.78 is 5.27. The molecule has 2 heteroatoms. The summed E-state index contributed by atoms with van der Waals surface area (Å²) in [5.41, 5.74) is 5.65. The lowest BCUT2D eigenvalue weighted by Crippen LogP contribution is -2.32. The monoisotopic (exact) mass is 115 g/mol. The van der Waals surface area contributed by atoms with Gasteiger partial charge < -0.3 is 10.5 Å². The topological polar surface area (TPSA) is 35.2 Å². The molecular formula is C6H13NO. The summed E-state index contributed by atoms with van der Waals surface area (Å²) in [6.45, 7) is 2.92. The summed E-state index contributed by atoms with van der Waals surface area (Å²) in [5.74, 6) is 0. The van der Waals surface area contributed by atoms with E-state index < -0.39 is 0 Å². The molecule has 2 atom stereocenters. The Morgan fingerprint density at radius 2 is 2.38 bits per heavy atom. The van der Waals surface area contributed by atoms with Gasteiger partial charge in [-0.1, -0.05) is 0 Å². The Hall–Kier alpha value is -0.0800.